The summed E-state index contributed by atoms with van der Waals surface area (Å²) in [5.74, 6) is -1.05. The first kappa shape index (κ1) is 15.0. The van der Waals surface area contributed by atoms with Crippen LogP contribution in [-0.4, -0.2) is 39.5 Å². The van der Waals surface area contributed by atoms with Gasteiger partial charge in [-0.1, -0.05) is 20.8 Å². The van der Waals surface area contributed by atoms with Crippen molar-refractivity contribution in [2.24, 2.45) is 0 Å². The van der Waals surface area contributed by atoms with Crippen molar-refractivity contribution in [1.29, 1.82) is 0 Å². The zero-order valence-corrected chi connectivity index (χ0v) is 12.9. The van der Waals surface area contributed by atoms with E-state index in [0.717, 1.165) is 17.1 Å². The zero-order chi connectivity index (χ0) is 14.9. The Morgan fingerprint density at radius 2 is 2.20 bits per heavy atom. The number of carboxylic acid groups (broad SMARTS) is 1. The number of rotatable bonds is 3. The fraction of sp³-hybridized carbons (Fsp3) is 0.643. The summed E-state index contributed by atoms with van der Waals surface area (Å²) in [5, 5.41) is 12.0. The summed E-state index contributed by atoms with van der Waals surface area (Å²) in [6.45, 7) is 6.78. The molecule has 1 atom stereocenters. The summed E-state index contributed by atoms with van der Waals surface area (Å²) >= 11 is 1.55. The number of aliphatic carboxylic acids is 1. The molecule has 1 aliphatic heterocycles. The molecule has 6 heteroatoms. The second-order valence-corrected chi connectivity index (χ2v) is 7.01. The van der Waals surface area contributed by atoms with Crippen LogP contribution in [0.5, 0.6) is 0 Å². The average Bonchev–Trinajstić information content (AvgIpc) is 2.95. The first-order chi connectivity index (χ1) is 9.29. The van der Waals surface area contributed by atoms with E-state index in [1.165, 1.54) is 4.90 Å². The van der Waals surface area contributed by atoms with Gasteiger partial charge in [-0.25, -0.2) is 9.78 Å². The lowest BCUT2D eigenvalue weighted by molar-refractivity contribution is -0.148. The van der Waals surface area contributed by atoms with Gasteiger partial charge >= 0.3 is 5.97 Å². The van der Waals surface area contributed by atoms with Gasteiger partial charge in [-0.05, 0) is 12.8 Å². The molecule has 20 heavy (non-hydrogen) atoms. The van der Waals surface area contributed by atoms with Gasteiger partial charge in [0.1, 0.15) is 6.04 Å². The summed E-state index contributed by atoms with van der Waals surface area (Å²) in [7, 11) is 0. The molecule has 0 spiro atoms. The number of likely N-dealkylation sites (tertiary alicyclic amines) is 1. The minimum absolute atomic E-state index is 0.0246. The molecule has 2 rings (SSSR count). The highest BCUT2D eigenvalue weighted by Gasteiger charge is 2.34. The Labute approximate surface area is 122 Å². The Morgan fingerprint density at radius 1 is 1.50 bits per heavy atom. The van der Waals surface area contributed by atoms with Gasteiger partial charge in [-0.15, -0.1) is 11.3 Å². The lowest BCUT2D eigenvalue weighted by Crippen LogP contribution is -2.41. The normalized spacial score (nSPS) is 19.4. The van der Waals surface area contributed by atoms with Gasteiger partial charge in [-0.2, -0.15) is 0 Å². The van der Waals surface area contributed by atoms with Crippen molar-refractivity contribution < 1.29 is 14.7 Å². The SMILES string of the molecule is CC(C)(C)c1nc(CC(=O)N2CCCC2C(=O)O)cs1. The van der Waals surface area contributed by atoms with Crippen LogP contribution in [0, 0.1) is 0 Å². The number of thiazole rings is 1. The predicted octanol–water partition coefficient (Wildman–Crippen LogP) is 2.06. The molecule has 1 aromatic rings. The molecule has 1 amide bonds. The molecule has 1 unspecified atom stereocenters. The lowest BCUT2D eigenvalue weighted by atomic mass is 9.98. The number of carbonyl (C=O) groups is 2. The number of carboxylic acids is 1. The summed E-state index contributed by atoms with van der Waals surface area (Å²) in [5.41, 5.74) is 0.712. The van der Waals surface area contributed by atoms with Crippen LogP contribution in [0.3, 0.4) is 0 Å². The minimum atomic E-state index is -0.912. The van der Waals surface area contributed by atoms with E-state index in [-0.39, 0.29) is 17.7 Å². The van der Waals surface area contributed by atoms with Crippen molar-refractivity contribution in [1.82, 2.24) is 9.88 Å². The first-order valence-corrected chi connectivity index (χ1v) is 7.64. The Morgan fingerprint density at radius 3 is 2.75 bits per heavy atom. The maximum Gasteiger partial charge on any atom is 0.326 e. The second kappa shape index (κ2) is 5.52. The van der Waals surface area contributed by atoms with E-state index in [0.29, 0.717) is 13.0 Å². The highest BCUT2D eigenvalue weighted by Crippen LogP contribution is 2.26. The molecule has 5 nitrogen and oxygen atoms in total. The third-order valence-corrected chi connectivity index (χ3v) is 4.70. The van der Waals surface area contributed by atoms with E-state index in [4.69, 9.17) is 5.11 Å². The van der Waals surface area contributed by atoms with E-state index < -0.39 is 12.0 Å². The molecule has 0 aromatic carbocycles. The Kier molecular flexibility index (Phi) is 4.13. The van der Waals surface area contributed by atoms with Crippen LogP contribution in [0.25, 0.3) is 0 Å². The standard InChI is InChI=1S/C14H20N2O3S/c1-14(2,3)13-15-9(8-20-13)7-11(17)16-6-4-5-10(16)12(18)19/h8,10H,4-7H2,1-3H3,(H,18,19). The molecule has 1 N–H and O–H groups in total. The quantitative estimate of drug-likeness (QED) is 0.927. The number of carbonyl (C=O) groups excluding carboxylic acids is 1. The van der Waals surface area contributed by atoms with Gasteiger partial charge < -0.3 is 10.0 Å². The monoisotopic (exact) mass is 296 g/mol. The highest BCUT2D eigenvalue weighted by molar-refractivity contribution is 7.09. The average molecular weight is 296 g/mol. The second-order valence-electron chi connectivity index (χ2n) is 6.15. The van der Waals surface area contributed by atoms with Crippen molar-refractivity contribution >= 4 is 23.2 Å². The van der Waals surface area contributed by atoms with Crippen LogP contribution in [0.1, 0.15) is 44.3 Å². The topological polar surface area (TPSA) is 70.5 Å². The van der Waals surface area contributed by atoms with Crippen molar-refractivity contribution in [3.63, 3.8) is 0 Å². The first-order valence-electron chi connectivity index (χ1n) is 6.76. The number of nitrogens with zero attached hydrogens (tertiary/aromatic N) is 2. The predicted molar refractivity (Wildman–Crippen MR) is 76.9 cm³/mol. The molecule has 0 bridgehead atoms. The molecule has 0 saturated carbocycles. The number of amides is 1. The van der Waals surface area contributed by atoms with Crippen LogP contribution in [0.4, 0.5) is 0 Å². The Bertz CT molecular complexity index is 519. The molecule has 1 aromatic heterocycles. The molecule has 0 radical (unpaired) electrons. The highest BCUT2D eigenvalue weighted by atomic mass is 32.1. The van der Waals surface area contributed by atoms with E-state index >= 15 is 0 Å². The van der Waals surface area contributed by atoms with Crippen LogP contribution in [0.15, 0.2) is 5.38 Å². The van der Waals surface area contributed by atoms with Crippen LogP contribution >= 0.6 is 11.3 Å². The van der Waals surface area contributed by atoms with Crippen molar-refractivity contribution in [3.05, 3.63) is 16.1 Å². The van der Waals surface area contributed by atoms with Crippen molar-refractivity contribution in [2.75, 3.05) is 6.54 Å². The number of hydrogen-bond acceptors (Lipinski definition) is 4. The molecule has 0 aliphatic carbocycles. The van der Waals surface area contributed by atoms with Crippen molar-refractivity contribution in [3.8, 4) is 0 Å². The fourth-order valence-electron chi connectivity index (χ4n) is 2.31. The molecule has 110 valence electrons. The maximum absolute atomic E-state index is 12.2. The Balaban J connectivity index is 2.05. The summed E-state index contributed by atoms with van der Waals surface area (Å²) in [4.78, 5) is 29.3. The molecular formula is C14H20N2O3S. The molecule has 2 heterocycles. The summed E-state index contributed by atoms with van der Waals surface area (Å²) in [6.07, 6.45) is 1.49. The van der Waals surface area contributed by atoms with Gasteiger partial charge in [0, 0.05) is 17.3 Å². The summed E-state index contributed by atoms with van der Waals surface area (Å²) in [6, 6.07) is -0.664. The van der Waals surface area contributed by atoms with E-state index in [1.54, 1.807) is 11.3 Å². The minimum Gasteiger partial charge on any atom is -0.480 e. The Hall–Kier alpha value is -1.43. The zero-order valence-electron chi connectivity index (χ0n) is 12.0. The van der Waals surface area contributed by atoms with Gasteiger partial charge in [0.25, 0.3) is 0 Å². The lowest BCUT2D eigenvalue weighted by Gasteiger charge is -2.21. The van der Waals surface area contributed by atoms with Crippen LogP contribution < -0.4 is 0 Å². The van der Waals surface area contributed by atoms with Crippen molar-refractivity contribution in [2.45, 2.75) is 51.5 Å². The van der Waals surface area contributed by atoms with E-state index in [9.17, 15) is 9.59 Å². The number of hydrogen-bond donors (Lipinski definition) is 1. The molecular weight excluding hydrogens is 276 g/mol. The third kappa shape index (κ3) is 3.17. The van der Waals surface area contributed by atoms with Crippen LogP contribution in [0.2, 0.25) is 0 Å². The smallest absolute Gasteiger partial charge is 0.326 e. The van der Waals surface area contributed by atoms with E-state index in [2.05, 4.69) is 25.8 Å². The van der Waals surface area contributed by atoms with E-state index in [1.807, 2.05) is 5.38 Å². The van der Waals surface area contributed by atoms with Gasteiger partial charge in [-0.3, -0.25) is 4.79 Å². The third-order valence-electron chi connectivity index (χ3n) is 3.38. The fourth-order valence-corrected chi connectivity index (χ4v) is 3.22. The summed E-state index contributed by atoms with van der Waals surface area (Å²) < 4.78 is 0. The molecule has 1 aliphatic rings. The largest absolute Gasteiger partial charge is 0.480 e. The van der Waals surface area contributed by atoms with Gasteiger partial charge in [0.05, 0.1) is 17.1 Å². The number of aromatic nitrogens is 1. The van der Waals surface area contributed by atoms with Gasteiger partial charge in [0.2, 0.25) is 5.91 Å². The molecule has 1 saturated heterocycles. The van der Waals surface area contributed by atoms with Crippen LogP contribution in [-0.2, 0) is 21.4 Å². The molecule has 1 fully saturated rings. The van der Waals surface area contributed by atoms with Gasteiger partial charge in [0.15, 0.2) is 0 Å². The maximum atomic E-state index is 12.2.